The van der Waals surface area contributed by atoms with Gasteiger partial charge in [0.15, 0.2) is 0 Å². The molecule has 0 aliphatic rings. The van der Waals surface area contributed by atoms with Crippen molar-refractivity contribution >= 4 is 17.1 Å². The molecular weight excluding hydrogens is 152 g/mol. The lowest BCUT2D eigenvalue weighted by atomic mass is 9.89. The molecule has 0 aromatic carbocycles. The van der Waals surface area contributed by atoms with Crippen LogP contribution in [0.5, 0.6) is 0 Å². The maximum Gasteiger partial charge on any atom is -0.00663 e. The van der Waals surface area contributed by atoms with E-state index in [0.29, 0.717) is 5.41 Å². The van der Waals surface area contributed by atoms with Crippen LogP contribution in [0.2, 0.25) is 0 Å². The predicted octanol–water partition coefficient (Wildman–Crippen LogP) is 3.98. The quantitative estimate of drug-likeness (QED) is 0.578. The third-order valence-corrected chi connectivity index (χ3v) is 1.89. The maximum atomic E-state index is 5.27. The molecule has 0 radical (unpaired) electrons. The van der Waals surface area contributed by atoms with E-state index in [9.17, 15) is 0 Å². The Morgan fingerprint density at radius 3 is 2.18 bits per heavy atom. The Bertz CT molecular complexity index is 119. The van der Waals surface area contributed by atoms with Gasteiger partial charge in [0.05, 0.1) is 0 Å². The van der Waals surface area contributed by atoms with E-state index < -0.39 is 0 Å². The van der Waals surface area contributed by atoms with Gasteiger partial charge < -0.3 is 0 Å². The van der Waals surface area contributed by atoms with Gasteiger partial charge in [0.1, 0.15) is 0 Å². The highest BCUT2D eigenvalue weighted by Gasteiger charge is 2.12. The molecule has 0 saturated heterocycles. The third-order valence-electron chi connectivity index (χ3n) is 1.54. The first-order valence-electron chi connectivity index (χ1n) is 4.47. The monoisotopic (exact) mass is 172 g/mol. The van der Waals surface area contributed by atoms with Crippen molar-refractivity contribution in [2.75, 3.05) is 0 Å². The zero-order valence-electron chi connectivity index (χ0n) is 8.24. The van der Waals surface area contributed by atoms with E-state index in [-0.39, 0.29) is 0 Å². The Morgan fingerprint density at radius 2 is 1.82 bits per heavy atom. The van der Waals surface area contributed by atoms with Crippen LogP contribution >= 0.6 is 12.2 Å². The summed E-state index contributed by atoms with van der Waals surface area (Å²) in [5.41, 5.74) is 0.380. The molecule has 0 aromatic rings. The second kappa shape index (κ2) is 4.87. The maximum absolute atomic E-state index is 5.27. The number of hydrogen-bond acceptors (Lipinski definition) is 1. The molecule has 0 aliphatic carbocycles. The molecule has 0 rings (SSSR count). The molecular formula is C10H20S. The van der Waals surface area contributed by atoms with Gasteiger partial charge in [0, 0.05) is 0 Å². The van der Waals surface area contributed by atoms with Gasteiger partial charge in [0.2, 0.25) is 0 Å². The summed E-state index contributed by atoms with van der Waals surface area (Å²) in [4.78, 5) is 1.25. The molecule has 0 amide bonds. The molecule has 0 unspecified atom stereocenters. The van der Waals surface area contributed by atoms with Gasteiger partial charge in [-0.15, -0.1) is 0 Å². The van der Waals surface area contributed by atoms with Crippen LogP contribution in [0, 0.1) is 5.41 Å². The highest BCUT2D eigenvalue weighted by atomic mass is 32.1. The molecule has 0 heterocycles. The van der Waals surface area contributed by atoms with Gasteiger partial charge in [-0.2, -0.15) is 0 Å². The molecule has 0 bridgehead atoms. The van der Waals surface area contributed by atoms with Crippen molar-refractivity contribution < 1.29 is 0 Å². The van der Waals surface area contributed by atoms with Crippen LogP contribution in [-0.4, -0.2) is 4.86 Å². The van der Waals surface area contributed by atoms with Crippen LogP contribution in [-0.2, 0) is 0 Å². The van der Waals surface area contributed by atoms with Crippen LogP contribution < -0.4 is 0 Å². The third kappa shape index (κ3) is 7.99. The Morgan fingerprint density at radius 1 is 1.27 bits per heavy atom. The fraction of sp³-hybridized carbons (Fsp3) is 0.900. The van der Waals surface area contributed by atoms with Crippen LogP contribution in [0.3, 0.4) is 0 Å². The number of unbranched alkanes of at least 4 members (excludes halogenated alkanes) is 1. The fourth-order valence-electron chi connectivity index (χ4n) is 1.05. The summed E-state index contributed by atoms with van der Waals surface area (Å²) >= 11 is 5.27. The summed E-state index contributed by atoms with van der Waals surface area (Å²) in [5, 5.41) is 0. The normalized spacial score (nSPS) is 11.6. The van der Waals surface area contributed by atoms with Crippen LogP contribution in [0.15, 0.2) is 0 Å². The summed E-state index contributed by atoms with van der Waals surface area (Å²) in [6, 6.07) is 0. The number of rotatable bonds is 4. The smallest absolute Gasteiger partial charge is 0.00663 e. The van der Waals surface area contributed by atoms with Crippen molar-refractivity contribution in [3.05, 3.63) is 0 Å². The number of hydrogen-bond donors (Lipinski definition) is 0. The zero-order valence-corrected chi connectivity index (χ0v) is 9.05. The molecule has 0 saturated carbocycles. The molecule has 11 heavy (non-hydrogen) atoms. The SMILES string of the molecule is CCCCC(=S)CC(C)(C)C. The van der Waals surface area contributed by atoms with Crippen molar-refractivity contribution in [1.82, 2.24) is 0 Å². The van der Waals surface area contributed by atoms with E-state index in [0.717, 1.165) is 12.8 Å². The first-order valence-corrected chi connectivity index (χ1v) is 4.88. The van der Waals surface area contributed by atoms with E-state index in [1.54, 1.807) is 0 Å². The van der Waals surface area contributed by atoms with E-state index in [2.05, 4.69) is 27.7 Å². The van der Waals surface area contributed by atoms with Gasteiger partial charge in [-0.1, -0.05) is 46.3 Å². The summed E-state index contributed by atoms with van der Waals surface area (Å²) in [6.45, 7) is 8.93. The van der Waals surface area contributed by atoms with Gasteiger partial charge >= 0.3 is 0 Å². The van der Waals surface area contributed by atoms with Gasteiger partial charge in [-0.25, -0.2) is 0 Å². The van der Waals surface area contributed by atoms with Crippen LogP contribution in [0.25, 0.3) is 0 Å². The predicted molar refractivity (Wildman–Crippen MR) is 56.2 cm³/mol. The molecule has 0 aliphatic heterocycles. The van der Waals surface area contributed by atoms with Crippen molar-refractivity contribution in [1.29, 1.82) is 0 Å². The van der Waals surface area contributed by atoms with Crippen LogP contribution in [0.4, 0.5) is 0 Å². The lowest BCUT2D eigenvalue weighted by molar-refractivity contribution is 0.433. The molecule has 0 spiro atoms. The summed E-state index contributed by atoms with van der Waals surface area (Å²) in [7, 11) is 0. The lowest BCUT2D eigenvalue weighted by Gasteiger charge is -2.18. The van der Waals surface area contributed by atoms with Gasteiger partial charge in [0.25, 0.3) is 0 Å². The van der Waals surface area contributed by atoms with Crippen LogP contribution in [0.1, 0.15) is 53.4 Å². The van der Waals surface area contributed by atoms with Crippen molar-refractivity contribution in [3.8, 4) is 0 Å². The first-order chi connectivity index (χ1) is 4.95. The summed E-state index contributed by atoms with van der Waals surface area (Å²) < 4.78 is 0. The largest absolute Gasteiger partial charge is 0.0897 e. The molecule has 0 aromatic heterocycles. The molecule has 0 N–H and O–H groups in total. The highest BCUT2D eigenvalue weighted by Crippen LogP contribution is 2.21. The standard InChI is InChI=1S/C10H20S/c1-5-6-7-9(11)8-10(2,3)4/h5-8H2,1-4H3. The topological polar surface area (TPSA) is 0 Å². The molecule has 0 fully saturated rings. The minimum Gasteiger partial charge on any atom is -0.0897 e. The minimum absolute atomic E-state index is 0.380. The molecule has 1 heteroatoms. The Kier molecular flexibility index (Phi) is 4.91. The first kappa shape index (κ1) is 11.1. The Balaban J connectivity index is 3.53. The Labute approximate surface area is 76.4 Å². The summed E-state index contributed by atoms with van der Waals surface area (Å²) in [5.74, 6) is 0. The zero-order chi connectivity index (χ0) is 8.91. The average Bonchev–Trinajstić information content (AvgIpc) is 1.79. The van der Waals surface area contributed by atoms with E-state index in [1.165, 1.54) is 17.7 Å². The van der Waals surface area contributed by atoms with E-state index >= 15 is 0 Å². The van der Waals surface area contributed by atoms with Crippen molar-refractivity contribution in [2.45, 2.75) is 53.4 Å². The average molecular weight is 172 g/mol. The highest BCUT2D eigenvalue weighted by molar-refractivity contribution is 7.80. The van der Waals surface area contributed by atoms with Crippen molar-refractivity contribution in [3.63, 3.8) is 0 Å². The lowest BCUT2D eigenvalue weighted by Crippen LogP contribution is -2.10. The fourth-order valence-corrected chi connectivity index (χ4v) is 1.63. The minimum atomic E-state index is 0.380. The van der Waals surface area contributed by atoms with Gasteiger partial charge in [-0.3, -0.25) is 0 Å². The number of thiocarbonyl (C=S) groups is 1. The van der Waals surface area contributed by atoms with Crippen molar-refractivity contribution in [2.24, 2.45) is 5.41 Å². The second-order valence-corrected chi connectivity index (χ2v) is 4.96. The molecule has 0 nitrogen and oxygen atoms in total. The second-order valence-electron chi connectivity index (χ2n) is 4.38. The van der Waals surface area contributed by atoms with E-state index in [4.69, 9.17) is 12.2 Å². The summed E-state index contributed by atoms with van der Waals surface area (Å²) in [6.07, 6.45) is 4.75. The molecule has 0 atom stereocenters. The molecule has 66 valence electrons. The van der Waals surface area contributed by atoms with Gasteiger partial charge in [-0.05, 0) is 29.5 Å². The van der Waals surface area contributed by atoms with E-state index in [1.807, 2.05) is 0 Å². The Hall–Kier alpha value is 0.0900.